The molecule has 0 N–H and O–H groups in total. The molecule has 5 aliphatic rings. The second kappa shape index (κ2) is 7.65. The second-order valence-electron chi connectivity index (χ2n) is 14.1. The van der Waals surface area contributed by atoms with Gasteiger partial charge in [0.15, 0.2) is 11.6 Å². The predicted molar refractivity (Wildman–Crippen MR) is 136 cm³/mol. The summed E-state index contributed by atoms with van der Waals surface area (Å²) in [7, 11) is 1.48. The Balaban J connectivity index is 1.69. The number of carbonyl (C=O) groups is 3. The molecule has 0 bridgehead atoms. The summed E-state index contributed by atoms with van der Waals surface area (Å²) >= 11 is 0. The molecular formula is C31H41NO4. The van der Waals surface area contributed by atoms with Crippen molar-refractivity contribution in [1.29, 1.82) is 5.26 Å². The van der Waals surface area contributed by atoms with Gasteiger partial charge in [-0.1, -0.05) is 53.2 Å². The third-order valence-corrected chi connectivity index (χ3v) is 12.1. The molecule has 0 aromatic carbocycles. The number of esters is 1. The Kier molecular flexibility index (Phi) is 5.40. The summed E-state index contributed by atoms with van der Waals surface area (Å²) in [6, 6.07) is 2.15. The highest BCUT2D eigenvalue weighted by atomic mass is 16.5. The molecule has 5 rings (SSSR count). The predicted octanol–water partition coefficient (Wildman–Crippen LogP) is 5.99. The number of ether oxygens (including phenoxy) is 1. The molecule has 3 fully saturated rings. The number of nitrogens with zero attached hydrogens (tertiary/aromatic N) is 1. The Labute approximate surface area is 215 Å². The minimum atomic E-state index is -0.591. The van der Waals surface area contributed by atoms with Gasteiger partial charge in [-0.25, -0.2) is 0 Å². The van der Waals surface area contributed by atoms with Gasteiger partial charge >= 0.3 is 5.97 Å². The minimum absolute atomic E-state index is 0.0443. The van der Waals surface area contributed by atoms with E-state index in [0.717, 1.165) is 50.5 Å². The molecule has 194 valence electrons. The van der Waals surface area contributed by atoms with Crippen LogP contribution in [0.4, 0.5) is 0 Å². The van der Waals surface area contributed by atoms with Gasteiger partial charge in [-0.15, -0.1) is 0 Å². The normalized spacial score (nSPS) is 47.2. The number of methoxy groups -OCH3 is 1. The number of allylic oxidation sites excluding steroid dienone is 4. The summed E-state index contributed by atoms with van der Waals surface area (Å²) in [5.41, 5.74) is -0.249. The number of hydrogen-bond acceptors (Lipinski definition) is 5. The molecule has 36 heavy (non-hydrogen) atoms. The molecule has 3 saturated carbocycles. The van der Waals surface area contributed by atoms with Gasteiger partial charge in [0.25, 0.3) is 0 Å². The average molecular weight is 492 g/mol. The van der Waals surface area contributed by atoms with E-state index in [9.17, 15) is 19.6 Å². The van der Waals surface area contributed by atoms with Crippen molar-refractivity contribution in [3.8, 4) is 6.07 Å². The summed E-state index contributed by atoms with van der Waals surface area (Å²) in [5.74, 6) is -0.522. The van der Waals surface area contributed by atoms with E-state index in [2.05, 4.69) is 40.7 Å². The third kappa shape index (κ3) is 2.96. The number of fused-ring (bicyclic) bond motifs is 7. The smallest absolute Gasteiger partial charge is 0.312 e. The lowest BCUT2D eigenvalue weighted by atomic mass is 9.35. The molecule has 5 heteroatoms. The number of ketones is 2. The molecule has 3 unspecified atom stereocenters. The lowest BCUT2D eigenvalue weighted by Gasteiger charge is -2.68. The number of hydrogen-bond donors (Lipinski definition) is 0. The van der Waals surface area contributed by atoms with Crippen LogP contribution >= 0.6 is 0 Å². The standard InChI is InChI=1S/C31H41NO4/c1-18-20-8-9-29(5)23(28(20,4)15-19(17-32)25(18)34)14-22(33)24-21-16-27(2,3)10-12-31(21,26(35)36-7)13-11-30(24,29)6/h14-15,18,20-21,24H,8-13,16H2,1-7H3/t18-,20?,21?,24?,28-,29+,30+,31-/m0/s1. The molecule has 0 aliphatic heterocycles. The van der Waals surface area contributed by atoms with Crippen molar-refractivity contribution in [2.75, 3.05) is 7.11 Å². The van der Waals surface area contributed by atoms with Crippen LogP contribution in [0, 0.1) is 62.1 Å². The van der Waals surface area contributed by atoms with Crippen LogP contribution in [0.15, 0.2) is 23.3 Å². The molecule has 0 aromatic rings. The van der Waals surface area contributed by atoms with E-state index in [1.54, 1.807) is 0 Å². The highest BCUT2D eigenvalue weighted by Gasteiger charge is 2.70. The number of Topliss-reactive ketones (excluding diaryl/α,β-unsaturated/α-hetero) is 1. The zero-order chi connectivity index (χ0) is 26.5. The van der Waals surface area contributed by atoms with Gasteiger partial charge in [-0.3, -0.25) is 14.4 Å². The van der Waals surface area contributed by atoms with Crippen molar-refractivity contribution >= 4 is 17.5 Å². The third-order valence-electron chi connectivity index (χ3n) is 12.1. The zero-order valence-electron chi connectivity index (χ0n) is 23.0. The van der Waals surface area contributed by atoms with Crippen LogP contribution < -0.4 is 0 Å². The zero-order valence-corrected chi connectivity index (χ0v) is 23.0. The molecule has 0 aromatic heterocycles. The fourth-order valence-corrected chi connectivity index (χ4v) is 9.81. The van der Waals surface area contributed by atoms with Crippen LogP contribution in [0.25, 0.3) is 0 Å². The van der Waals surface area contributed by atoms with Crippen molar-refractivity contribution in [2.24, 2.45) is 50.7 Å². The molecule has 0 saturated heterocycles. The lowest BCUT2D eigenvalue weighted by Crippen LogP contribution is -2.65. The molecule has 5 nitrogen and oxygen atoms in total. The Morgan fingerprint density at radius 2 is 1.69 bits per heavy atom. The minimum Gasteiger partial charge on any atom is -0.469 e. The van der Waals surface area contributed by atoms with Crippen molar-refractivity contribution in [3.05, 3.63) is 23.3 Å². The summed E-state index contributed by atoms with van der Waals surface area (Å²) in [6.45, 7) is 13.2. The van der Waals surface area contributed by atoms with Crippen LogP contribution in [0.5, 0.6) is 0 Å². The van der Waals surface area contributed by atoms with Crippen molar-refractivity contribution in [3.63, 3.8) is 0 Å². The first kappa shape index (κ1) is 25.4. The maximum Gasteiger partial charge on any atom is 0.312 e. The van der Waals surface area contributed by atoms with Crippen LogP contribution in [0.2, 0.25) is 0 Å². The first-order valence-electron chi connectivity index (χ1n) is 13.7. The molecule has 0 radical (unpaired) electrons. The van der Waals surface area contributed by atoms with E-state index in [0.29, 0.717) is 0 Å². The van der Waals surface area contributed by atoms with E-state index in [1.165, 1.54) is 7.11 Å². The van der Waals surface area contributed by atoms with E-state index >= 15 is 0 Å². The molecule has 0 amide bonds. The first-order chi connectivity index (χ1) is 16.7. The summed E-state index contributed by atoms with van der Waals surface area (Å²) in [6.07, 6.45) is 9.70. The van der Waals surface area contributed by atoms with Gasteiger partial charge < -0.3 is 4.74 Å². The van der Waals surface area contributed by atoms with Gasteiger partial charge in [0.05, 0.1) is 18.1 Å². The quantitative estimate of drug-likeness (QED) is 0.421. The van der Waals surface area contributed by atoms with Crippen LogP contribution in [0.1, 0.15) is 86.5 Å². The Bertz CT molecular complexity index is 1160. The fraction of sp³-hybridized carbons (Fsp3) is 0.742. The Hall–Kier alpha value is -2.22. The summed E-state index contributed by atoms with van der Waals surface area (Å²) < 4.78 is 5.39. The van der Waals surface area contributed by atoms with Crippen molar-refractivity contribution in [2.45, 2.75) is 86.5 Å². The highest BCUT2D eigenvalue weighted by molar-refractivity contribution is 6.02. The maximum absolute atomic E-state index is 14.3. The molecule has 0 heterocycles. The largest absolute Gasteiger partial charge is 0.469 e. The van der Waals surface area contributed by atoms with Gasteiger partial charge in [-0.05, 0) is 79.1 Å². The van der Waals surface area contributed by atoms with E-state index in [1.807, 2.05) is 19.1 Å². The van der Waals surface area contributed by atoms with E-state index in [4.69, 9.17) is 4.74 Å². The maximum atomic E-state index is 14.3. The topological polar surface area (TPSA) is 84.2 Å². The Morgan fingerprint density at radius 1 is 1.03 bits per heavy atom. The highest BCUT2D eigenvalue weighted by Crippen LogP contribution is 2.73. The van der Waals surface area contributed by atoms with Crippen LogP contribution in [-0.4, -0.2) is 24.6 Å². The van der Waals surface area contributed by atoms with Gasteiger partial charge in [0.1, 0.15) is 6.07 Å². The van der Waals surface area contributed by atoms with Gasteiger partial charge in [-0.2, -0.15) is 5.26 Å². The van der Waals surface area contributed by atoms with Crippen molar-refractivity contribution < 1.29 is 19.1 Å². The summed E-state index contributed by atoms with van der Waals surface area (Å²) in [5, 5.41) is 9.75. The monoisotopic (exact) mass is 491 g/mol. The molecule has 5 aliphatic carbocycles. The SMILES string of the molecule is COC(=O)[C@]12CCC(C)(C)CC1C1C(=O)C=C3[C@@]4(C)C=C(C#N)C(=O)[C@@H](C)C4CC[C@@]3(C)[C@]1(C)CC2. The lowest BCUT2D eigenvalue weighted by molar-refractivity contribution is -0.190. The van der Waals surface area contributed by atoms with Crippen molar-refractivity contribution in [1.82, 2.24) is 0 Å². The van der Waals surface area contributed by atoms with Gasteiger partial charge in [0, 0.05) is 17.3 Å². The van der Waals surface area contributed by atoms with E-state index in [-0.39, 0.29) is 63.0 Å². The fourth-order valence-electron chi connectivity index (χ4n) is 9.81. The second-order valence-corrected chi connectivity index (χ2v) is 14.1. The van der Waals surface area contributed by atoms with Crippen LogP contribution in [-0.2, 0) is 19.1 Å². The molecule has 0 spiro atoms. The van der Waals surface area contributed by atoms with Gasteiger partial charge in [0.2, 0.25) is 0 Å². The summed E-state index contributed by atoms with van der Waals surface area (Å²) in [4.78, 5) is 40.5. The molecular weight excluding hydrogens is 450 g/mol. The number of rotatable bonds is 1. The Morgan fingerprint density at radius 3 is 2.33 bits per heavy atom. The molecule has 8 atom stereocenters. The average Bonchev–Trinajstić information content (AvgIpc) is 2.82. The number of carbonyl (C=O) groups excluding carboxylic acids is 3. The number of nitriles is 1. The van der Waals surface area contributed by atoms with Crippen LogP contribution in [0.3, 0.4) is 0 Å². The first-order valence-corrected chi connectivity index (χ1v) is 13.7. The van der Waals surface area contributed by atoms with E-state index < -0.39 is 10.8 Å².